The van der Waals surface area contributed by atoms with Crippen molar-refractivity contribution in [3.05, 3.63) is 53.1 Å². The first-order valence-electron chi connectivity index (χ1n) is 9.93. The van der Waals surface area contributed by atoms with Gasteiger partial charge >= 0.3 is 0 Å². The summed E-state index contributed by atoms with van der Waals surface area (Å²) in [4.78, 5) is 12.4. The molecule has 28 heavy (non-hydrogen) atoms. The molecule has 0 atom stereocenters. The van der Waals surface area contributed by atoms with Crippen LogP contribution in [0.1, 0.15) is 29.8 Å². The number of Topliss-reactive ketones (excluding diaryl/α,β-unsaturated/α-hetero) is 1. The second-order valence-electron chi connectivity index (χ2n) is 6.25. The Morgan fingerprint density at radius 1 is 0.857 bits per heavy atom. The van der Waals surface area contributed by atoms with Crippen LogP contribution in [0.25, 0.3) is 16.8 Å². The molecule has 0 aromatic heterocycles. The number of carbonyl (C=O) groups excluding carboxylic acids is 1. The Morgan fingerprint density at radius 3 is 2.04 bits per heavy atom. The van der Waals surface area contributed by atoms with Crippen molar-refractivity contribution in [2.75, 3.05) is 45.8 Å². The highest BCUT2D eigenvalue weighted by Crippen LogP contribution is 2.30. The minimum atomic E-state index is 0.153. The maximum atomic E-state index is 12.4. The van der Waals surface area contributed by atoms with Crippen molar-refractivity contribution in [3.63, 3.8) is 0 Å². The third-order valence-electron chi connectivity index (χ3n) is 4.11. The van der Waals surface area contributed by atoms with E-state index in [9.17, 15) is 4.79 Å². The third-order valence-corrected chi connectivity index (χ3v) is 4.11. The van der Waals surface area contributed by atoms with Crippen LogP contribution in [0.5, 0.6) is 0 Å². The van der Waals surface area contributed by atoms with Gasteiger partial charge in [0.1, 0.15) is 0 Å². The van der Waals surface area contributed by atoms with Crippen molar-refractivity contribution in [1.29, 1.82) is 0 Å². The Bertz CT molecular complexity index is 746. The molecule has 0 bridgehead atoms. The van der Waals surface area contributed by atoms with E-state index >= 15 is 0 Å². The van der Waals surface area contributed by atoms with Crippen LogP contribution in [0.2, 0.25) is 0 Å². The van der Waals surface area contributed by atoms with Crippen molar-refractivity contribution in [2.45, 2.75) is 13.8 Å². The molecule has 2 aromatic rings. The lowest BCUT2D eigenvalue weighted by Gasteiger charge is -2.17. The standard InChI is InChI=1S/C16H15NO.C4H12N2.C2H8N2/c1-2-17-10-13-9-12-7-3-5-11-6-4-8-14(15(11)12)16(13)18;1-2-6-4-3-5;3-1-2-4/h3-9,17H,2,10H2,1H3;6H,2-5H2,1H3;1-4H2. The molecule has 0 spiro atoms. The maximum Gasteiger partial charge on any atom is 0.190 e. The molecule has 3 rings (SSSR count). The lowest BCUT2D eigenvalue weighted by Crippen LogP contribution is -2.22. The summed E-state index contributed by atoms with van der Waals surface area (Å²) in [6, 6.07) is 12.1. The van der Waals surface area contributed by atoms with Crippen molar-refractivity contribution >= 4 is 22.6 Å². The number of hydrogen-bond acceptors (Lipinski definition) is 6. The van der Waals surface area contributed by atoms with Crippen LogP contribution in [0.15, 0.2) is 42.0 Å². The molecular weight excluding hydrogens is 350 g/mol. The molecule has 0 aliphatic heterocycles. The van der Waals surface area contributed by atoms with Gasteiger partial charge in [-0.2, -0.15) is 0 Å². The number of ketones is 1. The normalized spacial score (nSPS) is 11.9. The highest BCUT2D eigenvalue weighted by atomic mass is 16.1. The van der Waals surface area contributed by atoms with Crippen LogP contribution in [0, 0.1) is 0 Å². The van der Waals surface area contributed by atoms with Gasteiger partial charge in [-0.05, 0) is 30.1 Å². The number of rotatable bonds is 7. The Kier molecular flexibility index (Phi) is 12.0. The summed E-state index contributed by atoms with van der Waals surface area (Å²) in [5, 5.41) is 8.52. The van der Waals surface area contributed by atoms with Crippen LogP contribution in [0.4, 0.5) is 0 Å². The lowest BCUT2D eigenvalue weighted by atomic mass is 9.88. The number of benzene rings is 2. The third kappa shape index (κ3) is 7.14. The Balaban J connectivity index is 0.000000329. The molecule has 0 fully saturated rings. The van der Waals surface area contributed by atoms with E-state index < -0.39 is 0 Å². The van der Waals surface area contributed by atoms with Gasteiger partial charge in [0.2, 0.25) is 0 Å². The topological polar surface area (TPSA) is 119 Å². The molecule has 6 heteroatoms. The molecule has 8 N–H and O–H groups in total. The molecule has 0 unspecified atom stereocenters. The minimum absolute atomic E-state index is 0.153. The predicted molar refractivity (Wildman–Crippen MR) is 121 cm³/mol. The number of likely N-dealkylation sites (N-methyl/N-ethyl adjacent to an activating group) is 2. The first-order valence-corrected chi connectivity index (χ1v) is 9.93. The van der Waals surface area contributed by atoms with E-state index in [-0.39, 0.29) is 5.78 Å². The highest BCUT2D eigenvalue weighted by molar-refractivity contribution is 6.22. The molecule has 2 aromatic carbocycles. The fraction of sp³-hybridized carbons (Fsp3) is 0.409. The first-order chi connectivity index (χ1) is 13.6. The summed E-state index contributed by atoms with van der Waals surface area (Å²) in [6.07, 6.45) is 2.01. The molecular formula is C22H35N5O. The first kappa shape index (κ1) is 23.9. The molecule has 0 saturated carbocycles. The largest absolute Gasteiger partial charge is 0.329 e. The zero-order valence-electron chi connectivity index (χ0n) is 17.1. The van der Waals surface area contributed by atoms with Gasteiger partial charge in [-0.15, -0.1) is 0 Å². The SMILES string of the molecule is CCNCC1=Cc2cccc3cccc(c23)C1=O.CCNCCN.NCCN. The highest BCUT2D eigenvalue weighted by Gasteiger charge is 2.20. The fourth-order valence-electron chi connectivity index (χ4n) is 2.78. The molecule has 0 saturated heterocycles. The summed E-state index contributed by atoms with van der Waals surface area (Å²) in [5.41, 5.74) is 17.8. The van der Waals surface area contributed by atoms with Gasteiger partial charge in [0.15, 0.2) is 5.78 Å². The van der Waals surface area contributed by atoms with Crippen LogP contribution >= 0.6 is 0 Å². The van der Waals surface area contributed by atoms with Crippen LogP contribution in [0.3, 0.4) is 0 Å². The van der Waals surface area contributed by atoms with Crippen LogP contribution in [-0.4, -0.2) is 51.6 Å². The van der Waals surface area contributed by atoms with Crippen molar-refractivity contribution < 1.29 is 4.79 Å². The van der Waals surface area contributed by atoms with Crippen LogP contribution < -0.4 is 27.8 Å². The second kappa shape index (κ2) is 14.0. The minimum Gasteiger partial charge on any atom is -0.329 e. The summed E-state index contributed by atoms with van der Waals surface area (Å²) in [7, 11) is 0. The van der Waals surface area contributed by atoms with Gasteiger partial charge in [-0.25, -0.2) is 0 Å². The van der Waals surface area contributed by atoms with Gasteiger partial charge in [-0.1, -0.05) is 50.2 Å². The molecule has 0 radical (unpaired) electrons. The predicted octanol–water partition coefficient (Wildman–Crippen LogP) is 1.49. The van der Waals surface area contributed by atoms with E-state index in [2.05, 4.69) is 35.8 Å². The number of hydrogen-bond donors (Lipinski definition) is 5. The number of nitrogens with one attached hydrogen (secondary N) is 2. The van der Waals surface area contributed by atoms with E-state index in [1.807, 2.05) is 31.2 Å². The smallest absolute Gasteiger partial charge is 0.190 e. The second-order valence-corrected chi connectivity index (χ2v) is 6.25. The van der Waals surface area contributed by atoms with Gasteiger partial charge in [0, 0.05) is 49.2 Å². The fourth-order valence-corrected chi connectivity index (χ4v) is 2.78. The van der Waals surface area contributed by atoms with Gasteiger partial charge in [-0.3, -0.25) is 4.79 Å². The molecule has 0 amide bonds. The Hall–Kier alpha value is -2.09. The summed E-state index contributed by atoms with van der Waals surface area (Å²) in [5.74, 6) is 0.153. The molecule has 0 heterocycles. The molecule has 1 aliphatic rings. The summed E-state index contributed by atoms with van der Waals surface area (Å²) in [6.45, 7) is 9.52. The van der Waals surface area contributed by atoms with Gasteiger partial charge in [0.25, 0.3) is 0 Å². The van der Waals surface area contributed by atoms with E-state index in [0.717, 1.165) is 53.7 Å². The van der Waals surface area contributed by atoms with Crippen molar-refractivity contribution in [2.24, 2.45) is 17.2 Å². The Morgan fingerprint density at radius 2 is 1.50 bits per heavy atom. The van der Waals surface area contributed by atoms with E-state index in [0.29, 0.717) is 19.6 Å². The summed E-state index contributed by atoms with van der Waals surface area (Å²) >= 11 is 0. The molecule has 154 valence electrons. The van der Waals surface area contributed by atoms with E-state index in [4.69, 9.17) is 17.2 Å². The molecule has 1 aliphatic carbocycles. The van der Waals surface area contributed by atoms with E-state index in [1.165, 1.54) is 0 Å². The van der Waals surface area contributed by atoms with Crippen molar-refractivity contribution in [1.82, 2.24) is 10.6 Å². The Labute approximate surface area is 168 Å². The average Bonchev–Trinajstić information content (AvgIpc) is 2.74. The average molecular weight is 386 g/mol. The maximum absolute atomic E-state index is 12.4. The zero-order valence-corrected chi connectivity index (χ0v) is 17.1. The van der Waals surface area contributed by atoms with Gasteiger partial charge in [0.05, 0.1) is 0 Å². The van der Waals surface area contributed by atoms with E-state index in [1.54, 1.807) is 0 Å². The molecule has 6 nitrogen and oxygen atoms in total. The quantitative estimate of drug-likeness (QED) is 0.461. The van der Waals surface area contributed by atoms with Crippen LogP contribution in [-0.2, 0) is 0 Å². The lowest BCUT2D eigenvalue weighted by molar-refractivity contribution is 0.103. The van der Waals surface area contributed by atoms with Crippen molar-refractivity contribution in [3.8, 4) is 0 Å². The monoisotopic (exact) mass is 385 g/mol. The van der Waals surface area contributed by atoms with Gasteiger partial charge < -0.3 is 27.8 Å². The number of nitrogens with two attached hydrogens (primary N) is 3. The summed E-state index contributed by atoms with van der Waals surface area (Å²) < 4.78 is 0. The zero-order chi connectivity index (χ0) is 20.8. The number of carbonyl (C=O) groups is 1.